The summed E-state index contributed by atoms with van der Waals surface area (Å²) in [6.07, 6.45) is 0.161. The Morgan fingerprint density at radius 3 is 2.71 bits per heavy atom. The molecule has 2 aromatic carbocycles. The van der Waals surface area contributed by atoms with Crippen LogP contribution in [0.4, 0.5) is 20.9 Å². The number of nitrogens with zero attached hydrogens (tertiary/aromatic N) is 1. The van der Waals surface area contributed by atoms with E-state index in [-0.39, 0.29) is 18.1 Å². The van der Waals surface area contributed by atoms with Crippen molar-refractivity contribution in [2.75, 3.05) is 10.6 Å². The van der Waals surface area contributed by atoms with Crippen molar-refractivity contribution in [3.8, 4) is 0 Å². The Bertz CT molecular complexity index is 851. The molecule has 3 aromatic rings. The van der Waals surface area contributed by atoms with Gasteiger partial charge in [-0.1, -0.05) is 17.7 Å². The van der Waals surface area contributed by atoms with Crippen LogP contribution in [-0.4, -0.2) is 10.9 Å². The van der Waals surface area contributed by atoms with E-state index in [0.717, 1.165) is 5.69 Å². The van der Waals surface area contributed by atoms with Crippen LogP contribution in [0.25, 0.3) is 0 Å². The van der Waals surface area contributed by atoms with Crippen LogP contribution in [0.15, 0.2) is 53.9 Å². The monoisotopic (exact) mass is 361 g/mol. The fraction of sp³-hybridized carbons (Fsp3) is 0.0588. The molecule has 0 bridgehead atoms. The number of carbonyl (C=O) groups is 1. The fourth-order valence-electron chi connectivity index (χ4n) is 2.04. The molecule has 1 aromatic heterocycles. The van der Waals surface area contributed by atoms with Gasteiger partial charge >= 0.3 is 0 Å². The number of carbonyl (C=O) groups excluding carboxylic acids is 1. The highest BCUT2D eigenvalue weighted by atomic mass is 35.5. The highest BCUT2D eigenvalue weighted by Crippen LogP contribution is 2.22. The lowest BCUT2D eigenvalue weighted by Crippen LogP contribution is -2.14. The number of rotatable bonds is 5. The molecule has 7 heteroatoms. The molecular weight excluding hydrogens is 349 g/mol. The van der Waals surface area contributed by atoms with Crippen molar-refractivity contribution in [1.29, 1.82) is 0 Å². The van der Waals surface area contributed by atoms with Gasteiger partial charge < -0.3 is 10.6 Å². The van der Waals surface area contributed by atoms with Gasteiger partial charge in [0.25, 0.3) is 0 Å². The van der Waals surface area contributed by atoms with E-state index in [0.29, 0.717) is 21.5 Å². The molecule has 0 aliphatic carbocycles. The van der Waals surface area contributed by atoms with Crippen LogP contribution in [0.3, 0.4) is 0 Å². The van der Waals surface area contributed by atoms with Crippen LogP contribution in [0.2, 0.25) is 5.02 Å². The quantitative estimate of drug-likeness (QED) is 0.682. The summed E-state index contributed by atoms with van der Waals surface area (Å²) in [6, 6.07) is 13.0. The second kappa shape index (κ2) is 7.42. The Balaban J connectivity index is 1.59. The summed E-state index contributed by atoms with van der Waals surface area (Å²) < 4.78 is 12.9. The summed E-state index contributed by atoms with van der Waals surface area (Å²) in [5, 5.41) is 8.87. The van der Waals surface area contributed by atoms with Gasteiger partial charge in [-0.05, 0) is 42.5 Å². The summed E-state index contributed by atoms with van der Waals surface area (Å²) in [6.45, 7) is 0. The van der Waals surface area contributed by atoms with Crippen LogP contribution in [-0.2, 0) is 11.2 Å². The number of thiazole rings is 1. The molecule has 0 spiro atoms. The first-order valence-electron chi connectivity index (χ1n) is 7.11. The maximum absolute atomic E-state index is 12.9. The molecule has 1 amide bonds. The van der Waals surface area contributed by atoms with E-state index >= 15 is 0 Å². The minimum absolute atomic E-state index is 0.161. The molecule has 0 unspecified atom stereocenters. The summed E-state index contributed by atoms with van der Waals surface area (Å²) in [4.78, 5) is 16.4. The van der Waals surface area contributed by atoms with E-state index in [9.17, 15) is 9.18 Å². The maximum atomic E-state index is 12.9. The summed E-state index contributed by atoms with van der Waals surface area (Å²) in [5.74, 6) is -0.464. The first-order valence-corrected chi connectivity index (χ1v) is 8.37. The van der Waals surface area contributed by atoms with Crippen LogP contribution < -0.4 is 10.6 Å². The summed E-state index contributed by atoms with van der Waals surface area (Å²) in [7, 11) is 0. The van der Waals surface area contributed by atoms with Crippen molar-refractivity contribution >= 4 is 45.4 Å². The van der Waals surface area contributed by atoms with Crippen LogP contribution in [0.1, 0.15) is 5.69 Å². The second-order valence-corrected chi connectivity index (χ2v) is 6.31. The van der Waals surface area contributed by atoms with Gasteiger partial charge in [0.05, 0.1) is 12.1 Å². The molecule has 24 heavy (non-hydrogen) atoms. The van der Waals surface area contributed by atoms with Gasteiger partial charge in [0.1, 0.15) is 5.82 Å². The highest BCUT2D eigenvalue weighted by Gasteiger charge is 2.09. The summed E-state index contributed by atoms with van der Waals surface area (Å²) in [5.41, 5.74) is 2.04. The zero-order valence-corrected chi connectivity index (χ0v) is 14.0. The molecule has 4 nitrogen and oxygen atoms in total. The van der Waals surface area contributed by atoms with E-state index in [4.69, 9.17) is 11.6 Å². The predicted octanol–water partition coefficient (Wildman–Crippen LogP) is 4.86. The Hall–Kier alpha value is -2.44. The zero-order valence-electron chi connectivity index (χ0n) is 12.4. The van der Waals surface area contributed by atoms with Gasteiger partial charge in [0.2, 0.25) is 5.91 Å². The van der Waals surface area contributed by atoms with Crippen LogP contribution in [0, 0.1) is 5.82 Å². The van der Waals surface area contributed by atoms with Gasteiger partial charge in [0, 0.05) is 21.8 Å². The lowest BCUT2D eigenvalue weighted by molar-refractivity contribution is -0.115. The molecule has 0 fully saturated rings. The first kappa shape index (κ1) is 16.4. The minimum Gasteiger partial charge on any atom is -0.332 e. The molecule has 1 heterocycles. The van der Waals surface area contributed by atoms with Crippen molar-refractivity contribution < 1.29 is 9.18 Å². The van der Waals surface area contributed by atoms with Crippen LogP contribution >= 0.6 is 22.9 Å². The normalized spacial score (nSPS) is 10.4. The van der Waals surface area contributed by atoms with E-state index in [1.54, 1.807) is 36.4 Å². The first-order chi connectivity index (χ1) is 11.6. The average Bonchev–Trinajstić information content (AvgIpc) is 2.96. The molecule has 0 atom stereocenters. The van der Waals surface area contributed by atoms with E-state index in [1.807, 2.05) is 5.38 Å². The van der Waals surface area contributed by atoms with Crippen molar-refractivity contribution in [2.24, 2.45) is 0 Å². The highest BCUT2D eigenvalue weighted by molar-refractivity contribution is 7.13. The summed E-state index contributed by atoms with van der Waals surface area (Å²) >= 11 is 7.27. The van der Waals surface area contributed by atoms with E-state index < -0.39 is 0 Å². The molecular formula is C17H13ClFN3OS. The largest absolute Gasteiger partial charge is 0.332 e. The average molecular weight is 362 g/mol. The number of hydrogen-bond donors (Lipinski definition) is 2. The smallest absolute Gasteiger partial charge is 0.230 e. The second-order valence-electron chi connectivity index (χ2n) is 5.01. The van der Waals surface area contributed by atoms with Crippen molar-refractivity contribution in [3.63, 3.8) is 0 Å². The van der Waals surface area contributed by atoms with Gasteiger partial charge in [-0.25, -0.2) is 9.37 Å². The SMILES string of the molecule is O=C(Cc1csc(Nc2ccc(F)cc2)n1)Nc1cccc(Cl)c1. The minimum atomic E-state index is -0.293. The number of hydrogen-bond acceptors (Lipinski definition) is 4. The number of amides is 1. The Labute approximate surface area is 147 Å². The number of halogens is 2. The molecule has 0 saturated heterocycles. The number of anilines is 3. The molecule has 2 N–H and O–H groups in total. The molecule has 0 saturated carbocycles. The Morgan fingerprint density at radius 2 is 1.96 bits per heavy atom. The third kappa shape index (κ3) is 4.53. The van der Waals surface area contributed by atoms with Gasteiger partial charge in [0.15, 0.2) is 5.13 Å². The zero-order chi connectivity index (χ0) is 16.9. The molecule has 0 aliphatic rings. The molecule has 122 valence electrons. The topological polar surface area (TPSA) is 54.0 Å². The number of aromatic nitrogens is 1. The van der Waals surface area contributed by atoms with Crippen molar-refractivity contribution in [1.82, 2.24) is 4.98 Å². The maximum Gasteiger partial charge on any atom is 0.230 e. The van der Waals surface area contributed by atoms with Crippen LogP contribution in [0.5, 0.6) is 0 Å². The van der Waals surface area contributed by atoms with Crippen molar-refractivity contribution in [2.45, 2.75) is 6.42 Å². The van der Waals surface area contributed by atoms with E-state index in [2.05, 4.69) is 15.6 Å². The fourth-order valence-corrected chi connectivity index (χ4v) is 2.96. The molecule has 0 radical (unpaired) electrons. The predicted molar refractivity (Wildman–Crippen MR) is 95.6 cm³/mol. The lowest BCUT2D eigenvalue weighted by atomic mass is 10.3. The van der Waals surface area contributed by atoms with Gasteiger partial charge in [-0.2, -0.15) is 0 Å². The number of benzene rings is 2. The van der Waals surface area contributed by atoms with Crippen molar-refractivity contribution in [3.05, 3.63) is 70.4 Å². The van der Waals surface area contributed by atoms with Gasteiger partial charge in [-0.15, -0.1) is 11.3 Å². The third-order valence-corrected chi connectivity index (χ3v) is 4.14. The molecule has 3 rings (SSSR count). The molecule has 0 aliphatic heterocycles. The number of nitrogens with one attached hydrogen (secondary N) is 2. The Kier molecular flexibility index (Phi) is 5.08. The standard InChI is InChI=1S/C17H13ClFN3OS/c18-11-2-1-3-14(8-11)20-16(23)9-15-10-24-17(22-15)21-13-6-4-12(19)5-7-13/h1-8,10H,9H2,(H,20,23)(H,21,22). The third-order valence-electron chi connectivity index (χ3n) is 3.10. The Morgan fingerprint density at radius 1 is 1.17 bits per heavy atom. The lowest BCUT2D eigenvalue weighted by Gasteiger charge is -2.04. The van der Waals surface area contributed by atoms with Gasteiger partial charge in [-0.3, -0.25) is 4.79 Å². The van der Waals surface area contributed by atoms with E-state index in [1.165, 1.54) is 23.5 Å².